The van der Waals surface area contributed by atoms with Gasteiger partial charge in [-0.1, -0.05) is 18.5 Å². The van der Waals surface area contributed by atoms with E-state index in [1.165, 1.54) is 0 Å². The summed E-state index contributed by atoms with van der Waals surface area (Å²) in [4.78, 5) is 0. The molecule has 0 saturated heterocycles. The highest BCUT2D eigenvalue weighted by molar-refractivity contribution is 6.31. The Bertz CT molecular complexity index is 378. The van der Waals surface area contributed by atoms with Gasteiger partial charge in [0.1, 0.15) is 11.9 Å². The molecule has 1 unspecified atom stereocenters. The first-order valence-electron chi connectivity index (χ1n) is 5.11. The predicted molar refractivity (Wildman–Crippen MR) is 58.5 cm³/mol. The largest absolute Gasteiger partial charge is 0.407 e. The van der Waals surface area contributed by atoms with Crippen LogP contribution in [0.5, 0.6) is 0 Å². The molecule has 96 valence electrons. The molecule has 0 bridgehead atoms. The van der Waals surface area contributed by atoms with Gasteiger partial charge in [-0.15, -0.1) is 0 Å². The minimum atomic E-state index is -4.51. The number of benzene rings is 1. The highest BCUT2D eigenvalue weighted by Crippen LogP contribution is 2.36. The summed E-state index contributed by atoms with van der Waals surface area (Å²) in [5, 5.41) is 2.22. The van der Waals surface area contributed by atoms with Crippen LogP contribution in [0.3, 0.4) is 0 Å². The Hall–Kier alpha value is -0.810. The molecule has 17 heavy (non-hydrogen) atoms. The van der Waals surface area contributed by atoms with Gasteiger partial charge in [0.15, 0.2) is 0 Å². The Morgan fingerprint density at radius 3 is 2.53 bits per heavy atom. The minimum absolute atomic E-state index is 0.0997. The third-order valence-electron chi connectivity index (χ3n) is 2.19. The van der Waals surface area contributed by atoms with E-state index in [1.807, 2.05) is 0 Å². The summed E-state index contributed by atoms with van der Waals surface area (Å²) in [5.41, 5.74) is -0.285. The van der Waals surface area contributed by atoms with Gasteiger partial charge >= 0.3 is 6.18 Å². The van der Waals surface area contributed by atoms with Crippen LogP contribution in [0.15, 0.2) is 18.2 Å². The van der Waals surface area contributed by atoms with Crippen LogP contribution < -0.4 is 5.32 Å². The standard InChI is InChI=1S/C11H12ClF4N/c1-2-5-17-10(11(14,15)16)8-6-7(13)3-4-9(8)12/h3-4,6,10,17H,2,5H2,1H3. The summed E-state index contributed by atoms with van der Waals surface area (Å²) in [6.45, 7) is 1.92. The third kappa shape index (κ3) is 3.85. The van der Waals surface area contributed by atoms with Crippen molar-refractivity contribution in [2.45, 2.75) is 25.6 Å². The van der Waals surface area contributed by atoms with Crippen molar-refractivity contribution in [3.63, 3.8) is 0 Å². The van der Waals surface area contributed by atoms with Crippen LogP contribution in [-0.2, 0) is 0 Å². The topological polar surface area (TPSA) is 12.0 Å². The molecule has 0 aliphatic carbocycles. The van der Waals surface area contributed by atoms with Gasteiger partial charge in [-0.2, -0.15) is 13.2 Å². The molecule has 0 aromatic heterocycles. The Morgan fingerprint density at radius 2 is 2.00 bits per heavy atom. The van der Waals surface area contributed by atoms with Crippen LogP contribution in [0.4, 0.5) is 17.6 Å². The number of alkyl halides is 3. The fraction of sp³-hybridized carbons (Fsp3) is 0.455. The highest BCUT2D eigenvalue weighted by Gasteiger charge is 2.41. The van der Waals surface area contributed by atoms with Gasteiger partial charge < -0.3 is 5.32 Å². The lowest BCUT2D eigenvalue weighted by molar-refractivity contribution is -0.157. The van der Waals surface area contributed by atoms with Gasteiger partial charge in [0.2, 0.25) is 0 Å². The second-order valence-corrected chi connectivity index (χ2v) is 4.00. The van der Waals surface area contributed by atoms with Gasteiger partial charge in [-0.25, -0.2) is 4.39 Å². The zero-order chi connectivity index (χ0) is 13.1. The van der Waals surface area contributed by atoms with Crippen LogP contribution in [-0.4, -0.2) is 12.7 Å². The Labute approximate surface area is 102 Å². The van der Waals surface area contributed by atoms with E-state index in [4.69, 9.17) is 11.6 Å². The molecule has 0 amide bonds. The molecule has 1 nitrogen and oxygen atoms in total. The van der Waals surface area contributed by atoms with E-state index in [0.717, 1.165) is 18.2 Å². The average molecular weight is 270 g/mol. The van der Waals surface area contributed by atoms with Crippen LogP contribution >= 0.6 is 11.6 Å². The van der Waals surface area contributed by atoms with E-state index < -0.39 is 18.0 Å². The number of hydrogen-bond donors (Lipinski definition) is 1. The summed E-state index contributed by atoms with van der Waals surface area (Å²) in [5.74, 6) is -0.739. The number of hydrogen-bond acceptors (Lipinski definition) is 1. The van der Waals surface area contributed by atoms with E-state index in [0.29, 0.717) is 6.42 Å². The van der Waals surface area contributed by atoms with Crippen LogP contribution in [0.25, 0.3) is 0 Å². The average Bonchev–Trinajstić information content (AvgIpc) is 2.21. The van der Waals surface area contributed by atoms with Gasteiger partial charge in [-0.05, 0) is 36.7 Å². The fourth-order valence-electron chi connectivity index (χ4n) is 1.43. The molecule has 0 saturated carbocycles. The number of rotatable bonds is 4. The van der Waals surface area contributed by atoms with Crippen molar-refractivity contribution in [3.8, 4) is 0 Å². The van der Waals surface area contributed by atoms with Crippen molar-refractivity contribution in [3.05, 3.63) is 34.6 Å². The first-order chi connectivity index (χ1) is 7.86. The van der Waals surface area contributed by atoms with Crippen molar-refractivity contribution >= 4 is 11.6 Å². The van der Waals surface area contributed by atoms with Crippen molar-refractivity contribution in [2.75, 3.05) is 6.54 Å². The van der Waals surface area contributed by atoms with E-state index in [-0.39, 0.29) is 17.1 Å². The maximum absolute atomic E-state index is 13.0. The molecule has 6 heteroatoms. The Morgan fingerprint density at radius 1 is 1.35 bits per heavy atom. The smallest absolute Gasteiger partial charge is 0.302 e. The van der Waals surface area contributed by atoms with Crippen molar-refractivity contribution in [2.24, 2.45) is 0 Å². The monoisotopic (exact) mass is 269 g/mol. The molecule has 1 rings (SSSR count). The predicted octanol–water partition coefficient (Wildman–Crippen LogP) is 4.08. The maximum Gasteiger partial charge on any atom is 0.407 e. The lowest BCUT2D eigenvalue weighted by atomic mass is 10.1. The molecule has 0 aliphatic rings. The van der Waals surface area contributed by atoms with E-state index in [2.05, 4.69) is 5.32 Å². The molecule has 0 radical (unpaired) electrons. The molecule has 0 fully saturated rings. The second kappa shape index (κ2) is 5.69. The summed E-state index contributed by atoms with van der Waals surface area (Å²) in [6.07, 6.45) is -3.97. The minimum Gasteiger partial charge on any atom is -0.302 e. The van der Waals surface area contributed by atoms with Crippen molar-refractivity contribution in [1.82, 2.24) is 5.32 Å². The zero-order valence-electron chi connectivity index (χ0n) is 9.11. The number of nitrogens with one attached hydrogen (secondary N) is 1. The van der Waals surface area contributed by atoms with Crippen LogP contribution in [0.1, 0.15) is 24.9 Å². The molecule has 0 heterocycles. The lowest BCUT2D eigenvalue weighted by Gasteiger charge is -2.22. The molecule has 0 spiro atoms. The maximum atomic E-state index is 13.0. The molecule has 1 aromatic rings. The van der Waals surface area contributed by atoms with Crippen molar-refractivity contribution < 1.29 is 17.6 Å². The molecule has 1 aromatic carbocycles. The SMILES string of the molecule is CCCNC(c1cc(F)ccc1Cl)C(F)(F)F. The molecular formula is C11H12ClF4N. The number of halogens is 5. The first kappa shape index (κ1) is 14.3. The summed E-state index contributed by atoms with van der Waals surface area (Å²) < 4.78 is 51.4. The van der Waals surface area contributed by atoms with E-state index >= 15 is 0 Å². The lowest BCUT2D eigenvalue weighted by Crippen LogP contribution is -2.34. The van der Waals surface area contributed by atoms with Gasteiger partial charge in [-0.3, -0.25) is 0 Å². The third-order valence-corrected chi connectivity index (χ3v) is 2.54. The summed E-state index contributed by atoms with van der Waals surface area (Å²) >= 11 is 5.67. The van der Waals surface area contributed by atoms with Crippen LogP contribution in [0.2, 0.25) is 5.02 Å². The van der Waals surface area contributed by atoms with Gasteiger partial charge in [0, 0.05) is 5.02 Å². The first-order valence-corrected chi connectivity index (χ1v) is 5.49. The molecule has 1 atom stereocenters. The molecule has 0 aliphatic heterocycles. The molecular weight excluding hydrogens is 258 g/mol. The van der Waals surface area contributed by atoms with Crippen molar-refractivity contribution in [1.29, 1.82) is 0 Å². The summed E-state index contributed by atoms with van der Waals surface area (Å²) in [7, 11) is 0. The normalized spacial score (nSPS) is 13.8. The highest BCUT2D eigenvalue weighted by atomic mass is 35.5. The summed E-state index contributed by atoms with van der Waals surface area (Å²) in [6, 6.07) is 1.02. The Kier molecular flexibility index (Phi) is 4.77. The fourth-order valence-corrected chi connectivity index (χ4v) is 1.65. The molecule has 1 N–H and O–H groups in total. The second-order valence-electron chi connectivity index (χ2n) is 3.59. The zero-order valence-corrected chi connectivity index (χ0v) is 9.87. The van der Waals surface area contributed by atoms with Gasteiger partial charge in [0.05, 0.1) is 0 Å². The Balaban J connectivity index is 3.08. The van der Waals surface area contributed by atoms with Gasteiger partial charge in [0.25, 0.3) is 0 Å². The van der Waals surface area contributed by atoms with E-state index in [9.17, 15) is 17.6 Å². The van der Waals surface area contributed by atoms with E-state index in [1.54, 1.807) is 6.92 Å². The quantitative estimate of drug-likeness (QED) is 0.812. The van der Waals surface area contributed by atoms with Crippen LogP contribution in [0, 0.1) is 5.82 Å².